The number of sulfonamides is 1. The molecule has 0 aliphatic carbocycles. The van der Waals surface area contributed by atoms with Crippen LogP contribution in [0.4, 0.5) is 5.69 Å². The maximum Gasteiger partial charge on any atom is 0.273 e. The first kappa shape index (κ1) is 17.8. The quantitative estimate of drug-likeness (QED) is 0.608. The lowest BCUT2D eigenvalue weighted by Gasteiger charge is -2.32. The molecule has 1 aromatic rings. The standard InChI is InChI=1S/C14H21N3O5S/c1-11(16-6-8-22-9-7-16)10-15-23(20,21)14-5-3-4-13(12(14)2)17(18)19/h3-5,11,15H,6-10H2,1-2H3. The van der Waals surface area contributed by atoms with Gasteiger partial charge < -0.3 is 4.74 Å². The van der Waals surface area contributed by atoms with Crippen LogP contribution in [-0.2, 0) is 14.8 Å². The lowest BCUT2D eigenvalue weighted by Crippen LogP contribution is -2.47. The van der Waals surface area contributed by atoms with Crippen LogP contribution >= 0.6 is 0 Å². The Hall–Kier alpha value is -1.55. The highest BCUT2D eigenvalue weighted by molar-refractivity contribution is 7.89. The first-order chi connectivity index (χ1) is 10.8. The monoisotopic (exact) mass is 343 g/mol. The van der Waals surface area contributed by atoms with Crippen molar-refractivity contribution in [2.75, 3.05) is 32.8 Å². The largest absolute Gasteiger partial charge is 0.379 e. The SMILES string of the molecule is Cc1c([N+](=O)[O-])cccc1S(=O)(=O)NCC(C)N1CCOCC1. The van der Waals surface area contributed by atoms with Crippen LogP contribution in [-0.4, -0.2) is 57.1 Å². The zero-order valence-corrected chi connectivity index (χ0v) is 14.0. The maximum absolute atomic E-state index is 12.4. The molecule has 1 heterocycles. The van der Waals surface area contributed by atoms with Crippen LogP contribution in [0, 0.1) is 17.0 Å². The molecule has 9 heteroatoms. The van der Waals surface area contributed by atoms with Crippen LogP contribution < -0.4 is 4.72 Å². The normalized spacial score (nSPS) is 17.8. The molecule has 0 bridgehead atoms. The summed E-state index contributed by atoms with van der Waals surface area (Å²) in [5, 5.41) is 10.9. The van der Waals surface area contributed by atoms with Crippen LogP contribution in [0.25, 0.3) is 0 Å². The average molecular weight is 343 g/mol. The number of rotatable bonds is 6. The molecule has 23 heavy (non-hydrogen) atoms. The van der Waals surface area contributed by atoms with Crippen LogP contribution in [0.3, 0.4) is 0 Å². The van der Waals surface area contributed by atoms with Crippen molar-refractivity contribution in [2.24, 2.45) is 0 Å². The van der Waals surface area contributed by atoms with Crippen molar-refractivity contribution < 1.29 is 18.1 Å². The minimum Gasteiger partial charge on any atom is -0.379 e. The molecule has 0 saturated carbocycles. The number of hydrogen-bond donors (Lipinski definition) is 1. The third-order valence-electron chi connectivity index (χ3n) is 3.98. The molecule has 0 amide bonds. The van der Waals surface area contributed by atoms with Gasteiger partial charge in [0.05, 0.1) is 23.0 Å². The Labute approximate surface area is 135 Å². The van der Waals surface area contributed by atoms with Crippen molar-refractivity contribution in [3.8, 4) is 0 Å². The third kappa shape index (κ3) is 4.25. The Morgan fingerprint density at radius 2 is 2.04 bits per heavy atom. The van der Waals surface area contributed by atoms with Crippen molar-refractivity contribution in [1.29, 1.82) is 0 Å². The first-order valence-corrected chi connectivity index (χ1v) is 8.86. The van der Waals surface area contributed by atoms with Crippen LogP contribution in [0.15, 0.2) is 23.1 Å². The zero-order chi connectivity index (χ0) is 17.0. The zero-order valence-electron chi connectivity index (χ0n) is 13.2. The molecule has 1 fully saturated rings. The number of nitrogens with one attached hydrogen (secondary N) is 1. The maximum atomic E-state index is 12.4. The summed E-state index contributed by atoms with van der Waals surface area (Å²) in [7, 11) is -3.79. The lowest BCUT2D eigenvalue weighted by atomic mass is 10.2. The predicted molar refractivity (Wildman–Crippen MR) is 84.9 cm³/mol. The summed E-state index contributed by atoms with van der Waals surface area (Å²) >= 11 is 0. The second-order valence-corrected chi connectivity index (χ2v) is 7.24. The highest BCUT2D eigenvalue weighted by Gasteiger charge is 2.24. The number of hydrogen-bond acceptors (Lipinski definition) is 6. The molecular formula is C14H21N3O5S. The van der Waals surface area contributed by atoms with Gasteiger partial charge in [0.2, 0.25) is 10.0 Å². The number of benzene rings is 1. The Morgan fingerprint density at radius 1 is 1.39 bits per heavy atom. The number of morpholine rings is 1. The van der Waals surface area contributed by atoms with Gasteiger partial charge in [0.1, 0.15) is 0 Å². The lowest BCUT2D eigenvalue weighted by molar-refractivity contribution is -0.385. The highest BCUT2D eigenvalue weighted by atomic mass is 32.2. The van der Waals surface area contributed by atoms with E-state index in [0.29, 0.717) is 13.2 Å². The Morgan fingerprint density at radius 3 is 2.65 bits per heavy atom. The highest BCUT2D eigenvalue weighted by Crippen LogP contribution is 2.24. The molecule has 1 saturated heterocycles. The van der Waals surface area contributed by atoms with Crippen LogP contribution in [0.1, 0.15) is 12.5 Å². The molecule has 128 valence electrons. The van der Waals surface area contributed by atoms with Gasteiger partial charge in [0.25, 0.3) is 5.69 Å². The van der Waals surface area contributed by atoms with E-state index in [-0.39, 0.29) is 28.7 Å². The summed E-state index contributed by atoms with van der Waals surface area (Å²) in [4.78, 5) is 12.5. The molecule has 1 aliphatic heterocycles. The summed E-state index contributed by atoms with van der Waals surface area (Å²) in [6.45, 7) is 6.43. The Bertz CT molecular complexity index is 671. The third-order valence-corrected chi connectivity index (χ3v) is 5.55. The van der Waals surface area contributed by atoms with E-state index in [1.54, 1.807) is 0 Å². The fraction of sp³-hybridized carbons (Fsp3) is 0.571. The molecule has 0 spiro atoms. The Kier molecular flexibility index (Phi) is 5.69. The smallest absolute Gasteiger partial charge is 0.273 e. The van der Waals surface area contributed by atoms with Gasteiger partial charge in [-0.3, -0.25) is 15.0 Å². The van der Waals surface area contributed by atoms with Gasteiger partial charge in [-0.05, 0) is 19.9 Å². The van der Waals surface area contributed by atoms with Crippen molar-refractivity contribution in [3.05, 3.63) is 33.9 Å². The minimum atomic E-state index is -3.79. The van der Waals surface area contributed by atoms with Gasteiger partial charge in [-0.25, -0.2) is 13.1 Å². The summed E-state index contributed by atoms with van der Waals surface area (Å²) in [6, 6.07) is 4.08. The number of ether oxygens (including phenoxy) is 1. The summed E-state index contributed by atoms with van der Waals surface area (Å²) in [5.41, 5.74) is -0.0573. The van der Waals surface area contributed by atoms with E-state index in [1.165, 1.54) is 25.1 Å². The van der Waals surface area contributed by atoms with Gasteiger partial charge in [0.15, 0.2) is 0 Å². The van der Waals surface area contributed by atoms with E-state index >= 15 is 0 Å². The molecule has 1 aliphatic rings. The second-order valence-electron chi connectivity index (χ2n) is 5.51. The van der Waals surface area contributed by atoms with Crippen LogP contribution in [0.5, 0.6) is 0 Å². The number of nitrogens with zero attached hydrogens (tertiary/aromatic N) is 2. The van der Waals surface area contributed by atoms with Crippen molar-refractivity contribution in [3.63, 3.8) is 0 Å². The molecule has 1 aromatic carbocycles. The molecule has 2 rings (SSSR count). The van der Waals surface area contributed by atoms with Crippen molar-refractivity contribution in [2.45, 2.75) is 24.8 Å². The van der Waals surface area contributed by atoms with Crippen molar-refractivity contribution >= 4 is 15.7 Å². The molecular weight excluding hydrogens is 322 g/mol. The van der Waals surface area contributed by atoms with E-state index in [2.05, 4.69) is 9.62 Å². The fourth-order valence-electron chi connectivity index (χ4n) is 2.55. The number of nitro groups is 1. The number of nitro benzene ring substituents is 1. The molecule has 8 nitrogen and oxygen atoms in total. The van der Waals surface area contributed by atoms with Gasteiger partial charge in [-0.15, -0.1) is 0 Å². The van der Waals surface area contributed by atoms with E-state index in [1.807, 2.05) is 6.92 Å². The molecule has 1 atom stereocenters. The molecule has 1 unspecified atom stereocenters. The van der Waals surface area contributed by atoms with E-state index in [4.69, 9.17) is 4.74 Å². The van der Waals surface area contributed by atoms with Gasteiger partial charge in [-0.1, -0.05) is 6.07 Å². The second kappa shape index (κ2) is 7.35. The average Bonchev–Trinajstić information content (AvgIpc) is 2.53. The molecule has 0 radical (unpaired) electrons. The fourth-order valence-corrected chi connectivity index (χ4v) is 3.93. The first-order valence-electron chi connectivity index (χ1n) is 7.38. The van der Waals surface area contributed by atoms with Gasteiger partial charge in [-0.2, -0.15) is 0 Å². The molecule has 1 N–H and O–H groups in total. The van der Waals surface area contributed by atoms with Crippen LogP contribution in [0.2, 0.25) is 0 Å². The predicted octanol–water partition coefficient (Wildman–Crippen LogP) is 0.902. The molecule has 0 aromatic heterocycles. The minimum absolute atomic E-state index is 0.0210. The summed E-state index contributed by atoms with van der Waals surface area (Å²) in [5.74, 6) is 0. The summed E-state index contributed by atoms with van der Waals surface area (Å²) in [6.07, 6.45) is 0. The van der Waals surface area contributed by atoms with E-state index in [9.17, 15) is 18.5 Å². The van der Waals surface area contributed by atoms with Gasteiger partial charge >= 0.3 is 0 Å². The van der Waals surface area contributed by atoms with E-state index in [0.717, 1.165) is 13.1 Å². The topological polar surface area (TPSA) is 102 Å². The summed E-state index contributed by atoms with van der Waals surface area (Å²) < 4.78 is 32.7. The Balaban J connectivity index is 2.10. The van der Waals surface area contributed by atoms with E-state index < -0.39 is 14.9 Å². The van der Waals surface area contributed by atoms with Crippen molar-refractivity contribution in [1.82, 2.24) is 9.62 Å². The van der Waals surface area contributed by atoms with Gasteiger partial charge in [0, 0.05) is 37.3 Å².